The van der Waals surface area contributed by atoms with Crippen LogP contribution in [0.1, 0.15) is 53.5 Å². The number of amides is 2. The first-order valence-corrected chi connectivity index (χ1v) is 12.2. The third kappa shape index (κ3) is 5.64. The van der Waals surface area contributed by atoms with E-state index in [0.717, 1.165) is 22.4 Å². The molecule has 0 bridgehead atoms. The Morgan fingerprint density at radius 2 is 1.92 bits per heavy atom. The van der Waals surface area contributed by atoms with Crippen molar-refractivity contribution >= 4 is 29.9 Å². The number of carbonyl (C=O) groups excluding carboxylic acids is 2. The van der Waals surface area contributed by atoms with Crippen molar-refractivity contribution in [2.75, 3.05) is 39.0 Å². The maximum absolute atomic E-state index is 13.1. The number of hydrogen-bond acceptors (Lipinski definition) is 7. The van der Waals surface area contributed by atoms with Crippen molar-refractivity contribution < 1.29 is 24.2 Å². The number of pyridine rings is 2. The molecule has 2 amide bonds. The minimum Gasteiger partial charge on any atom is -0.478 e. The van der Waals surface area contributed by atoms with Crippen molar-refractivity contribution in [2.45, 2.75) is 44.6 Å². The fourth-order valence-electron chi connectivity index (χ4n) is 4.59. The van der Waals surface area contributed by atoms with Crippen LogP contribution in [0.25, 0.3) is 6.08 Å². The zero-order valence-corrected chi connectivity index (χ0v) is 21.9. The Morgan fingerprint density at radius 1 is 1.16 bits per heavy atom. The standard InChI is InChI=1S/C27H33N5O5/c1-26(2,3)37-25(36)32(5)10-9-31(4)8-6-7-17-11-20-22(29-15-17)30-24(35)27(20)13-18-12-19(23(33)34)16-28-21(18)14-27/h6-7,11-12,15-16H,8-10,13-14H2,1-5H3,(H,33,34)(H,29,30,35)/b7-6+/t27-/m0/s1. The van der Waals surface area contributed by atoms with Crippen LogP contribution in [0.3, 0.4) is 0 Å². The van der Waals surface area contributed by atoms with Gasteiger partial charge in [-0.2, -0.15) is 0 Å². The van der Waals surface area contributed by atoms with Gasteiger partial charge in [-0.15, -0.1) is 0 Å². The summed E-state index contributed by atoms with van der Waals surface area (Å²) < 4.78 is 5.38. The number of fused-ring (bicyclic) bond motifs is 3. The molecule has 0 saturated carbocycles. The highest BCUT2D eigenvalue weighted by Crippen LogP contribution is 2.46. The number of nitrogens with zero attached hydrogens (tertiary/aromatic N) is 4. The summed E-state index contributed by atoms with van der Waals surface area (Å²) >= 11 is 0. The molecule has 1 aliphatic carbocycles. The number of aromatic carboxylic acids is 1. The van der Waals surface area contributed by atoms with Crippen LogP contribution in [0.15, 0.2) is 30.6 Å². The highest BCUT2D eigenvalue weighted by atomic mass is 16.6. The molecule has 0 aromatic carbocycles. The average molecular weight is 508 g/mol. The predicted octanol–water partition coefficient (Wildman–Crippen LogP) is 2.98. The summed E-state index contributed by atoms with van der Waals surface area (Å²) in [4.78, 5) is 49.0. The first-order chi connectivity index (χ1) is 17.4. The van der Waals surface area contributed by atoms with Gasteiger partial charge in [0.25, 0.3) is 0 Å². The van der Waals surface area contributed by atoms with Gasteiger partial charge in [0.05, 0.1) is 11.0 Å². The largest absolute Gasteiger partial charge is 0.478 e. The van der Waals surface area contributed by atoms with Gasteiger partial charge in [-0.1, -0.05) is 12.2 Å². The van der Waals surface area contributed by atoms with Crippen LogP contribution in [0, 0.1) is 0 Å². The molecule has 0 saturated heterocycles. The molecule has 1 spiro atoms. The van der Waals surface area contributed by atoms with Crippen LogP contribution < -0.4 is 5.32 Å². The molecule has 0 unspecified atom stereocenters. The Kier molecular flexibility index (Phi) is 7.05. The van der Waals surface area contributed by atoms with Crippen LogP contribution in [0.2, 0.25) is 0 Å². The van der Waals surface area contributed by atoms with Crippen LogP contribution in [-0.2, 0) is 27.8 Å². The quantitative estimate of drug-likeness (QED) is 0.586. The molecule has 10 heteroatoms. The Labute approximate surface area is 216 Å². The molecule has 1 aliphatic heterocycles. The summed E-state index contributed by atoms with van der Waals surface area (Å²) in [6.07, 6.45) is 7.47. The number of carboxylic acids is 1. The van der Waals surface area contributed by atoms with E-state index in [4.69, 9.17) is 4.74 Å². The van der Waals surface area contributed by atoms with Crippen LogP contribution in [0.4, 0.5) is 10.6 Å². The average Bonchev–Trinajstić information content (AvgIpc) is 3.33. The lowest BCUT2D eigenvalue weighted by Gasteiger charge is -2.26. The lowest BCUT2D eigenvalue weighted by atomic mass is 9.79. The van der Waals surface area contributed by atoms with Gasteiger partial charge < -0.3 is 25.0 Å². The second-order valence-electron chi connectivity index (χ2n) is 10.8. The third-order valence-corrected chi connectivity index (χ3v) is 6.61. The lowest BCUT2D eigenvalue weighted by molar-refractivity contribution is -0.120. The molecule has 2 N–H and O–H groups in total. The number of carbonyl (C=O) groups is 3. The Hall–Kier alpha value is -3.79. The highest BCUT2D eigenvalue weighted by molar-refractivity contribution is 6.06. The molecular formula is C27H33N5O5. The summed E-state index contributed by atoms with van der Waals surface area (Å²) in [5.41, 5.74) is 1.95. The molecule has 1 atom stereocenters. The van der Waals surface area contributed by atoms with Gasteiger partial charge in [-0.05, 0) is 57.5 Å². The second-order valence-corrected chi connectivity index (χ2v) is 10.8. The van der Waals surface area contributed by atoms with Crippen LogP contribution >= 0.6 is 0 Å². The van der Waals surface area contributed by atoms with E-state index in [1.165, 1.54) is 6.20 Å². The van der Waals surface area contributed by atoms with Gasteiger partial charge >= 0.3 is 12.1 Å². The summed E-state index contributed by atoms with van der Waals surface area (Å²) in [5, 5.41) is 12.2. The molecule has 2 aromatic rings. The predicted molar refractivity (Wildman–Crippen MR) is 139 cm³/mol. The number of likely N-dealkylation sites (N-methyl/N-ethyl adjacent to an activating group) is 2. The Bertz CT molecular complexity index is 1270. The van der Waals surface area contributed by atoms with Gasteiger partial charge in [-0.25, -0.2) is 14.6 Å². The molecular weight excluding hydrogens is 474 g/mol. The number of hydrogen-bond donors (Lipinski definition) is 2. The monoisotopic (exact) mass is 507 g/mol. The number of rotatable bonds is 7. The summed E-state index contributed by atoms with van der Waals surface area (Å²) in [6.45, 7) is 7.40. The summed E-state index contributed by atoms with van der Waals surface area (Å²) in [6, 6.07) is 3.58. The minimum absolute atomic E-state index is 0.116. The van der Waals surface area contributed by atoms with Gasteiger partial charge in [0, 0.05) is 56.8 Å². The van der Waals surface area contributed by atoms with Gasteiger partial charge in [0.2, 0.25) is 5.91 Å². The zero-order chi connectivity index (χ0) is 27.0. The van der Waals surface area contributed by atoms with Crippen molar-refractivity contribution in [3.05, 3.63) is 58.6 Å². The molecule has 196 valence electrons. The molecule has 2 aromatic heterocycles. The van der Waals surface area contributed by atoms with E-state index < -0.39 is 17.0 Å². The van der Waals surface area contributed by atoms with E-state index in [2.05, 4.69) is 20.2 Å². The van der Waals surface area contributed by atoms with Gasteiger partial charge in [0.1, 0.15) is 11.4 Å². The molecule has 0 radical (unpaired) electrons. The van der Waals surface area contributed by atoms with E-state index in [1.54, 1.807) is 24.2 Å². The number of nitrogens with one attached hydrogen (secondary N) is 1. The minimum atomic E-state index is -1.04. The van der Waals surface area contributed by atoms with Crippen LogP contribution in [-0.4, -0.2) is 82.2 Å². The number of anilines is 1. The molecule has 4 rings (SSSR count). The van der Waals surface area contributed by atoms with Crippen molar-refractivity contribution in [3.63, 3.8) is 0 Å². The first-order valence-electron chi connectivity index (χ1n) is 12.2. The van der Waals surface area contributed by atoms with Crippen molar-refractivity contribution in [3.8, 4) is 0 Å². The fraction of sp³-hybridized carbons (Fsp3) is 0.444. The zero-order valence-electron chi connectivity index (χ0n) is 21.9. The third-order valence-electron chi connectivity index (χ3n) is 6.61. The van der Waals surface area contributed by atoms with Gasteiger partial charge in [0.15, 0.2) is 0 Å². The molecule has 3 heterocycles. The molecule has 2 aliphatic rings. The van der Waals surface area contributed by atoms with E-state index in [1.807, 2.05) is 46.0 Å². The number of carboxylic acid groups (broad SMARTS) is 1. The van der Waals surface area contributed by atoms with Crippen molar-refractivity contribution in [2.24, 2.45) is 0 Å². The lowest BCUT2D eigenvalue weighted by Crippen LogP contribution is -2.38. The highest BCUT2D eigenvalue weighted by Gasteiger charge is 2.52. The topological polar surface area (TPSA) is 125 Å². The fourth-order valence-corrected chi connectivity index (χ4v) is 4.59. The molecule has 10 nitrogen and oxygen atoms in total. The van der Waals surface area contributed by atoms with E-state index in [9.17, 15) is 19.5 Å². The SMILES string of the molecule is CN(C/C=C/c1cnc2c(c1)[C@@]1(Cc3cc(C(=O)O)cnc3C1)C(=O)N2)CCN(C)C(=O)OC(C)(C)C. The number of ether oxygens (including phenoxy) is 1. The Morgan fingerprint density at radius 3 is 2.62 bits per heavy atom. The van der Waals surface area contributed by atoms with E-state index in [-0.39, 0.29) is 17.6 Å². The normalized spacial score (nSPS) is 18.3. The smallest absolute Gasteiger partial charge is 0.410 e. The second kappa shape index (κ2) is 9.93. The molecule has 0 fully saturated rings. The molecule has 37 heavy (non-hydrogen) atoms. The summed E-state index contributed by atoms with van der Waals surface area (Å²) in [7, 11) is 3.69. The number of aromatic nitrogens is 2. The Balaban J connectivity index is 1.40. The van der Waals surface area contributed by atoms with Gasteiger partial charge in [-0.3, -0.25) is 9.78 Å². The maximum atomic E-state index is 13.1. The first kappa shape index (κ1) is 26.3. The summed E-state index contributed by atoms with van der Waals surface area (Å²) in [5.74, 6) is -0.640. The van der Waals surface area contributed by atoms with E-state index in [0.29, 0.717) is 38.3 Å². The van der Waals surface area contributed by atoms with Crippen molar-refractivity contribution in [1.29, 1.82) is 0 Å². The van der Waals surface area contributed by atoms with Crippen molar-refractivity contribution in [1.82, 2.24) is 19.8 Å². The van der Waals surface area contributed by atoms with E-state index >= 15 is 0 Å². The maximum Gasteiger partial charge on any atom is 0.410 e. The van der Waals surface area contributed by atoms with Crippen LogP contribution in [0.5, 0.6) is 0 Å².